The molecule has 1 amide bonds. The highest BCUT2D eigenvalue weighted by Gasteiger charge is 2.35. The van der Waals surface area contributed by atoms with Gasteiger partial charge in [0.1, 0.15) is 0 Å². The molecule has 4 rings (SSSR count). The highest BCUT2D eigenvalue weighted by Crippen LogP contribution is 2.39. The third-order valence-corrected chi connectivity index (χ3v) is 6.01. The summed E-state index contributed by atoms with van der Waals surface area (Å²) in [5, 5.41) is 8.71. The number of halogens is 2. The Kier molecular flexibility index (Phi) is 7.87. The van der Waals surface area contributed by atoms with Gasteiger partial charge < -0.3 is 15.2 Å². The minimum Gasteiger partial charge on any atom is -0.333 e. The number of nitrogens with two attached hydrogens (primary N) is 1. The normalized spacial score (nSPS) is 17.8. The van der Waals surface area contributed by atoms with Crippen molar-refractivity contribution >= 4 is 30.7 Å². The summed E-state index contributed by atoms with van der Waals surface area (Å²) >= 11 is 0. The minimum absolute atomic E-state index is 0. The van der Waals surface area contributed by atoms with Gasteiger partial charge in [-0.2, -0.15) is 0 Å². The van der Waals surface area contributed by atoms with Crippen LogP contribution in [0.25, 0.3) is 11.4 Å². The van der Waals surface area contributed by atoms with Crippen molar-refractivity contribution in [1.29, 1.82) is 0 Å². The number of amides is 1. The Hall–Kier alpha value is -1.63. The molecule has 1 aliphatic carbocycles. The maximum absolute atomic E-state index is 12.9. The zero-order valence-electron chi connectivity index (χ0n) is 16.0. The lowest BCUT2D eigenvalue weighted by atomic mass is 9.71. The molecule has 0 spiro atoms. The van der Waals surface area contributed by atoms with E-state index in [1.54, 1.807) is 0 Å². The molecule has 1 fully saturated rings. The quantitative estimate of drug-likeness (QED) is 0.813. The van der Waals surface area contributed by atoms with Crippen molar-refractivity contribution < 1.29 is 4.79 Å². The molecule has 2 aliphatic rings. The zero-order chi connectivity index (χ0) is 18.0. The maximum Gasteiger partial charge on any atom is 0.223 e. The van der Waals surface area contributed by atoms with Gasteiger partial charge in [-0.3, -0.25) is 4.79 Å². The Labute approximate surface area is 178 Å². The van der Waals surface area contributed by atoms with Crippen molar-refractivity contribution in [1.82, 2.24) is 19.7 Å². The van der Waals surface area contributed by atoms with Gasteiger partial charge in [0.25, 0.3) is 0 Å². The number of aromatic nitrogens is 3. The molecule has 0 unspecified atom stereocenters. The zero-order valence-corrected chi connectivity index (χ0v) is 17.7. The van der Waals surface area contributed by atoms with Crippen LogP contribution in [0.4, 0.5) is 0 Å². The third-order valence-electron chi connectivity index (χ3n) is 6.01. The molecule has 0 atom stereocenters. The standard InChI is InChI=1S/C20H27N5O.2ClH/c21-15-20(9-5-2-6-10-20)13-18(26)24-11-12-25-17(14-24)22-23-19(25)16-7-3-1-4-8-16;;/h1,3-4,7-8H,2,5-6,9-15,21H2;2*1H. The van der Waals surface area contributed by atoms with E-state index in [-0.39, 0.29) is 36.1 Å². The maximum atomic E-state index is 12.9. The lowest BCUT2D eigenvalue weighted by Gasteiger charge is -2.38. The molecule has 28 heavy (non-hydrogen) atoms. The van der Waals surface area contributed by atoms with Gasteiger partial charge in [-0.1, -0.05) is 49.6 Å². The van der Waals surface area contributed by atoms with Crippen LogP contribution in [-0.2, 0) is 17.9 Å². The summed E-state index contributed by atoms with van der Waals surface area (Å²) in [7, 11) is 0. The predicted molar refractivity (Wildman–Crippen MR) is 115 cm³/mol. The van der Waals surface area contributed by atoms with Gasteiger partial charge >= 0.3 is 0 Å². The van der Waals surface area contributed by atoms with Gasteiger partial charge in [-0.15, -0.1) is 35.0 Å². The first-order valence-corrected chi connectivity index (χ1v) is 9.66. The monoisotopic (exact) mass is 425 g/mol. The lowest BCUT2D eigenvalue weighted by Crippen LogP contribution is -2.43. The van der Waals surface area contributed by atoms with E-state index in [0.717, 1.165) is 36.6 Å². The van der Waals surface area contributed by atoms with Crippen LogP contribution in [0, 0.1) is 5.41 Å². The van der Waals surface area contributed by atoms with Crippen molar-refractivity contribution in [3.63, 3.8) is 0 Å². The van der Waals surface area contributed by atoms with Crippen molar-refractivity contribution in [3.8, 4) is 11.4 Å². The van der Waals surface area contributed by atoms with Crippen LogP contribution in [0.2, 0.25) is 0 Å². The van der Waals surface area contributed by atoms with Gasteiger partial charge in [-0.05, 0) is 24.8 Å². The molecule has 0 bridgehead atoms. The fourth-order valence-electron chi connectivity index (χ4n) is 4.36. The van der Waals surface area contributed by atoms with Gasteiger partial charge in [0.2, 0.25) is 5.91 Å². The summed E-state index contributed by atoms with van der Waals surface area (Å²) in [5.41, 5.74) is 7.14. The fourth-order valence-corrected chi connectivity index (χ4v) is 4.36. The van der Waals surface area contributed by atoms with Crippen LogP contribution in [-0.4, -0.2) is 38.7 Å². The molecule has 8 heteroatoms. The second-order valence-corrected chi connectivity index (χ2v) is 7.71. The van der Waals surface area contributed by atoms with Gasteiger partial charge in [0.15, 0.2) is 11.6 Å². The largest absolute Gasteiger partial charge is 0.333 e. The summed E-state index contributed by atoms with van der Waals surface area (Å²) in [6.45, 7) is 2.61. The smallest absolute Gasteiger partial charge is 0.223 e. The number of hydrogen-bond acceptors (Lipinski definition) is 4. The van der Waals surface area contributed by atoms with Gasteiger partial charge in [-0.25, -0.2) is 0 Å². The number of rotatable bonds is 4. The predicted octanol–water partition coefficient (Wildman–Crippen LogP) is 3.43. The molecule has 154 valence electrons. The summed E-state index contributed by atoms with van der Waals surface area (Å²) in [6, 6.07) is 10.1. The Bertz CT molecular complexity index is 774. The average molecular weight is 426 g/mol. The van der Waals surface area contributed by atoms with Crippen LogP contribution < -0.4 is 5.73 Å². The molecule has 2 N–H and O–H groups in total. The molecule has 1 saturated carbocycles. The van der Waals surface area contributed by atoms with Crippen molar-refractivity contribution in [2.75, 3.05) is 13.1 Å². The van der Waals surface area contributed by atoms with E-state index in [0.29, 0.717) is 26.1 Å². The summed E-state index contributed by atoms with van der Waals surface area (Å²) in [5.74, 6) is 1.97. The SMILES string of the molecule is Cl.Cl.NCC1(CC(=O)N2CCn3c(nnc3-c3ccccc3)C2)CCCCC1. The number of nitrogens with zero attached hydrogens (tertiary/aromatic N) is 4. The Morgan fingerprint density at radius 2 is 1.75 bits per heavy atom. The molecule has 1 aromatic heterocycles. The average Bonchev–Trinajstić information content (AvgIpc) is 3.12. The van der Waals surface area contributed by atoms with Gasteiger partial charge in [0, 0.05) is 25.1 Å². The molecule has 2 aromatic rings. The first kappa shape index (κ1) is 22.7. The summed E-state index contributed by atoms with van der Waals surface area (Å²) < 4.78 is 2.14. The van der Waals surface area contributed by atoms with E-state index in [9.17, 15) is 4.79 Å². The van der Waals surface area contributed by atoms with Crippen molar-refractivity contribution in [2.24, 2.45) is 11.1 Å². The van der Waals surface area contributed by atoms with Crippen LogP contribution >= 0.6 is 24.8 Å². The number of benzene rings is 1. The number of hydrogen-bond donors (Lipinski definition) is 1. The van der Waals surface area contributed by atoms with Crippen LogP contribution in [0.3, 0.4) is 0 Å². The molecular formula is C20H29Cl2N5O. The number of carbonyl (C=O) groups excluding carboxylic acids is 1. The molecule has 0 saturated heterocycles. The summed E-state index contributed by atoms with van der Waals surface area (Å²) in [6.07, 6.45) is 6.39. The van der Waals surface area contributed by atoms with E-state index < -0.39 is 0 Å². The second-order valence-electron chi connectivity index (χ2n) is 7.71. The minimum atomic E-state index is 0. The van der Waals surface area contributed by atoms with Crippen molar-refractivity contribution in [2.45, 2.75) is 51.6 Å². The van der Waals surface area contributed by atoms with Crippen LogP contribution in [0.15, 0.2) is 30.3 Å². The Balaban J connectivity index is 0.00000140. The molecular weight excluding hydrogens is 397 g/mol. The number of fused-ring (bicyclic) bond motifs is 1. The highest BCUT2D eigenvalue weighted by atomic mass is 35.5. The lowest BCUT2D eigenvalue weighted by molar-refractivity contribution is -0.135. The molecule has 2 heterocycles. The van der Waals surface area contributed by atoms with E-state index in [4.69, 9.17) is 5.73 Å². The molecule has 0 radical (unpaired) electrons. The highest BCUT2D eigenvalue weighted by molar-refractivity contribution is 5.85. The fraction of sp³-hybridized carbons (Fsp3) is 0.550. The van der Waals surface area contributed by atoms with Gasteiger partial charge in [0.05, 0.1) is 6.54 Å². The van der Waals surface area contributed by atoms with Crippen LogP contribution in [0.1, 0.15) is 44.3 Å². The van der Waals surface area contributed by atoms with E-state index in [2.05, 4.69) is 14.8 Å². The second kappa shape index (κ2) is 9.72. The third kappa shape index (κ3) is 4.50. The topological polar surface area (TPSA) is 77.0 Å². The van der Waals surface area contributed by atoms with Crippen molar-refractivity contribution in [3.05, 3.63) is 36.2 Å². The summed E-state index contributed by atoms with van der Waals surface area (Å²) in [4.78, 5) is 14.9. The van der Waals surface area contributed by atoms with E-state index >= 15 is 0 Å². The molecule has 1 aromatic carbocycles. The first-order valence-electron chi connectivity index (χ1n) is 9.66. The number of carbonyl (C=O) groups is 1. The molecule has 1 aliphatic heterocycles. The Morgan fingerprint density at radius 3 is 2.43 bits per heavy atom. The van der Waals surface area contributed by atoms with E-state index in [1.165, 1.54) is 19.3 Å². The molecule has 6 nitrogen and oxygen atoms in total. The van der Waals surface area contributed by atoms with Crippen LogP contribution in [0.5, 0.6) is 0 Å². The van der Waals surface area contributed by atoms with E-state index in [1.807, 2.05) is 35.2 Å². The Morgan fingerprint density at radius 1 is 1.04 bits per heavy atom. The first-order chi connectivity index (χ1) is 12.7.